The molecule has 96 valence electrons. The highest BCUT2D eigenvalue weighted by Gasteiger charge is 2.71. The third kappa shape index (κ3) is 1.54. The lowest BCUT2D eigenvalue weighted by atomic mass is 10.5. The molecule has 0 radical (unpaired) electrons. The van der Waals surface area contributed by atoms with Gasteiger partial charge in [-0.05, 0) is 33.5 Å². The Labute approximate surface area is 104 Å². The van der Waals surface area contributed by atoms with Crippen molar-refractivity contribution in [1.29, 1.82) is 0 Å². The molecule has 0 aromatic carbocycles. The van der Waals surface area contributed by atoms with E-state index in [1.54, 1.807) is 0 Å². The van der Waals surface area contributed by atoms with E-state index >= 15 is 0 Å². The summed E-state index contributed by atoms with van der Waals surface area (Å²) in [5, 5.41) is -0.249. The molecule has 1 aliphatic rings. The van der Waals surface area contributed by atoms with Crippen LogP contribution in [-0.2, 0) is 4.43 Å². The van der Waals surface area contributed by atoms with Crippen LogP contribution in [-0.4, -0.2) is 39.9 Å². The third-order valence-electron chi connectivity index (χ3n) is 5.97. The highest BCUT2D eigenvalue weighted by atomic mass is 29.8. The molecule has 1 rings (SSSR count). The summed E-state index contributed by atoms with van der Waals surface area (Å²) in [5.41, 5.74) is 0. The van der Waals surface area contributed by atoms with Crippen LogP contribution >= 0.6 is 0 Å². The molecule has 0 aromatic rings. The van der Waals surface area contributed by atoms with Crippen molar-refractivity contribution in [2.75, 3.05) is 0 Å². The summed E-state index contributed by atoms with van der Waals surface area (Å²) in [6.45, 7) is 21.0. The number of rotatable bonds is 0. The maximum absolute atomic E-state index is 11.1. The lowest BCUT2D eigenvalue weighted by Crippen LogP contribution is -2.91. The Morgan fingerprint density at radius 3 is 1.56 bits per heavy atom. The normalized spacial score (nSPS) is 39.4. The van der Waals surface area contributed by atoms with E-state index in [1.807, 2.05) is 0 Å². The first-order valence-electron chi connectivity index (χ1n) is 6.13. The molecule has 16 heavy (non-hydrogen) atoms. The summed E-state index contributed by atoms with van der Waals surface area (Å²) in [7, 11) is -6.81. The first-order chi connectivity index (χ1) is 6.71. The predicted octanol–water partition coefficient (Wildman–Crippen LogP) is 2.76. The Bertz CT molecular complexity index is 280. The Hall–Kier alpha value is 0.788. The largest absolute Gasteiger partial charge is 0.432 e. The zero-order valence-corrected chi connectivity index (χ0v) is 16.4. The molecule has 1 atom stereocenters. The van der Waals surface area contributed by atoms with Crippen LogP contribution in [0.4, 0.5) is 0 Å². The van der Waals surface area contributed by atoms with Gasteiger partial charge >= 0.3 is 0 Å². The molecule has 0 saturated carbocycles. The van der Waals surface area contributed by atoms with E-state index in [1.165, 1.54) is 0 Å². The second-order valence-electron chi connectivity index (χ2n) is 7.44. The van der Waals surface area contributed by atoms with Crippen molar-refractivity contribution in [3.8, 4) is 0 Å². The average molecular weight is 293 g/mol. The summed E-state index contributed by atoms with van der Waals surface area (Å²) >= 11 is 0. The van der Waals surface area contributed by atoms with Crippen molar-refractivity contribution in [2.45, 2.75) is 64.9 Å². The van der Waals surface area contributed by atoms with Gasteiger partial charge in [0.1, 0.15) is 0 Å². The van der Waals surface area contributed by atoms with E-state index in [4.69, 9.17) is 4.43 Å². The fourth-order valence-corrected chi connectivity index (χ4v) is 67.6. The molecule has 0 spiro atoms. The first kappa shape index (κ1) is 14.8. The first-order valence-corrected chi connectivity index (χ1v) is 20.5. The molecule has 6 heteroatoms. The monoisotopic (exact) mass is 292 g/mol. The minimum absolute atomic E-state index is 0.249. The van der Waals surface area contributed by atoms with Crippen LogP contribution in [0, 0.1) is 0 Å². The van der Waals surface area contributed by atoms with Crippen molar-refractivity contribution in [3.05, 3.63) is 0 Å². The van der Waals surface area contributed by atoms with E-state index in [9.17, 15) is 4.80 Å². The highest BCUT2D eigenvalue weighted by Crippen LogP contribution is 2.46. The average Bonchev–Trinajstić information content (AvgIpc) is 1.98. The van der Waals surface area contributed by atoms with Crippen LogP contribution in [0.5, 0.6) is 0 Å². The van der Waals surface area contributed by atoms with Gasteiger partial charge in [0.25, 0.3) is 0 Å². The second kappa shape index (κ2) is 3.42. The molecule has 1 unspecified atom stereocenters. The molecular formula is C10H28O2Si4. The Balaban J connectivity index is 3.43. The van der Waals surface area contributed by atoms with Crippen molar-refractivity contribution in [1.82, 2.24) is 0 Å². The van der Waals surface area contributed by atoms with Gasteiger partial charge in [-0.15, -0.1) is 0 Å². The standard InChI is InChI=1S/C10H28O2Si4/c1-10(2)12-13(3,4)14(5,6)15(7,8)16(10,9)11/h11H,1-9H3. The third-order valence-corrected chi connectivity index (χ3v) is 69.3. The van der Waals surface area contributed by atoms with E-state index in [0.29, 0.717) is 0 Å². The van der Waals surface area contributed by atoms with Crippen LogP contribution in [0.2, 0.25) is 45.8 Å². The van der Waals surface area contributed by atoms with E-state index in [0.717, 1.165) is 0 Å². The molecule has 2 nitrogen and oxygen atoms in total. The van der Waals surface area contributed by atoms with Gasteiger partial charge < -0.3 is 9.22 Å². The summed E-state index contributed by atoms with van der Waals surface area (Å²) in [4.78, 5) is 11.1. The van der Waals surface area contributed by atoms with E-state index in [2.05, 4.69) is 59.7 Å². The molecule has 1 saturated heterocycles. The van der Waals surface area contributed by atoms with Crippen LogP contribution < -0.4 is 0 Å². The van der Waals surface area contributed by atoms with Gasteiger partial charge in [0.15, 0.2) is 15.7 Å². The van der Waals surface area contributed by atoms with Gasteiger partial charge in [-0.3, -0.25) is 0 Å². The second-order valence-corrected chi connectivity index (χ2v) is 45.1. The molecule has 0 bridgehead atoms. The van der Waals surface area contributed by atoms with Gasteiger partial charge in [-0.25, -0.2) is 0 Å². The minimum atomic E-state index is -2.26. The molecule has 1 aliphatic heterocycles. The highest BCUT2D eigenvalue weighted by molar-refractivity contribution is 7.82. The van der Waals surface area contributed by atoms with Crippen LogP contribution in [0.25, 0.3) is 0 Å². The van der Waals surface area contributed by atoms with Crippen LogP contribution in [0.15, 0.2) is 0 Å². The summed E-state index contributed by atoms with van der Waals surface area (Å²) in [6.07, 6.45) is 0. The van der Waals surface area contributed by atoms with Gasteiger partial charge in [0.2, 0.25) is 0 Å². The molecule has 0 aromatic heterocycles. The molecular weight excluding hydrogens is 264 g/mol. The van der Waals surface area contributed by atoms with Gasteiger partial charge in [0.05, 0.1) is 19.4 Å². The zero-order chi connectivity index (χ0) is 13.2. The van der Waals surface area contributed by atoms with E-state index in [-0.39, 0.29) is 5.22 Å². The predicted molar refractivity (Wildman–Crippen MR) is 81.4 cm³/mol. The van der Waals surface area contributed by atoms with Crippen molar-refractivity contribution in [3.63, 3.8) is 0 Å². The molecule has 0 aliphatic carbocycles. The Morgan fingerprint density at radius 1 is 0.812 bits per heavy atom. The maximum atomic E-state index is 11.1. The Kier molecular flexibility index (Phi) is 3.17. The lowest BCUT2D eigenvalue weighted by Gasteiger charge is -2.64. The van der Waals surface area contributed by atoms with E-state index < -0.39 is 29.9 Å². The topological polar surface area (TPSA) is 29.5 Å². The minimum Gasteiger partial charge on any atom is -0.432 e. The SMILES string of the molecule is CC1(C)O[Si](C)(C)[Si](C)(C)[Si](C)(C)[Si]1(C)O. The molecule has 1 fully saturated rings. The van der Waals surface area contributed by atoms with Gasteiger partial charge in [-0.2, -0.15) is 0 Å². The lowest BCUT2D eigenvalue weighted by molar-refractivity contribution is 0.163. The smallest absolute Gasteiger partial charge is 0.198 e. The summed E-state index contributed by atoms with van der Waals surface area (Å²) in [5.74, 6) is 0. The fourth-order valence-electron chi connectivity index (χ4n) is 2.98. The molecule has 1 N–H and O–H groups in total. The van der Waals surface area contributed by atoms with Crippen molar-refractivity contribution in [2.24, 2.45) is 0 Å². The zero-order valence-electron chi connectivity index (χ0n) is 12.4. The van der Waals surface area contributed by atoms with Gasteiger partial charge in [0, 0.05) is 0 Å². The summed E-state index contributed by atoms with van der Waals surface area (Å²) < 4.78 is 6.47. The number of hydrogen-bond donors (Lipinski definition) is 1. The molecule has 1 heterocycles. The van der Waals surface area contributed by atoms with Gasteiger partial charge in [-0.1, -0.05) is 26.2 Å². The Morgan fingerprint density at radius 2 is 1.19 bits per heavy atom. The summed E-state index contributed by atoms with van der Waals surface area (Å²) in [6, 6.07) is 0. The van der Waals surface area contributed by atoms with Crippen LogP contribution in [0.1, 0.15) is 13.8 Å². The quantitative estimate of drug-likeness (QED) is 0.696. The number of hydrogen-bond acceptors (Lipinski definition) is 2. The van der Waals surface area contributed by atoms with Crippen LogP contribution in [0.3, 0.4) is 0 Å². The maximum Gasteiger partial charge on any atom is 0.198 e. The van der Waals surface area contributed by atoms with Crippen molar-refractivity contribution >= 4 is 29.9 Å². The fraction of sp³-hybridized carbons (Fsp3) is 1.00. The van der Waals surface area contributed by atoms with Crippen molar-refractivity contribution < 1.29 is 9.22 Å². The molecule has 0 amide bonds.